The van der Waals surface area contributed by atoms with Gasteiger partial charge in [0, 0.05) is 19.3 Å². The Morgan fingerprint density at radius 2 is 0.644 bits per heavy atom. The molecule has 0 rings (SSSR count). The van der Waals surface area contributed by atoms with E-state index in [1.54, 1.807) is 0 Å². The molecule has 0 aliphatic heterocycles. The summed E-state index contributed by atoms with van der Waals surface area (Å²) in [6.45, 7) is 11.4. The molecule has 0 aliphatic carbocycles. The SMILES string of the molecule is CCCCCCCC(=O)OC[C@H](COC(=O)CCCCCCCCCCCCCCCCCC(C)C)OC(=O)CCCCCCCCCCCCCCCCC(C)CC. The number of rotatable bonds is 47. The monoisotopic (exact) mass is 835 g/mol. The maximum Gasteiger partial charge on any atom is 0.306 e. The number of esters is 3. The molecule has 0 amide bonds. The molecule has 0 aromatic carbocycles. The molecule has 0 fully saturated rings. The van der Waals surface area contributed by atoms with Crippen molar-refractivity contribution in [2.24, 2.45) is 11.8 Å². The zero-order chi connectivity index (χ0) is 43.3. The van der Waals surface area contributed by atoms with Gasteiger partial charge in [0.2, 0.25) is 0 Å². The number of carbonyl (C=O) groups excluding carboxylic acids is 3. The van der Waals surface area contributed by atoms with Crippen LogP contribution in [-0.4, -0.2) is 37.2 Å². The van der Waals surface area contributed by atoms with Gasteiger partial charge in [-0.15, -0.1) is 0 Å². The van der Waals surface area contributed by atoms with Crippen LogP contribution in [0.25, 0.3) is 0 Å². The highest BCUT2D eigenvalue weighted by atomic mass is 16.6. The van der Waals surface area contributed by atoms with E-state index in [1.165, 1.54) is 173 Å². The molecule has 350 valence electrons. The van der Waals surface area contributed by atoms with Crippen molar-refractivity contribution in [1.82, 2.24) is 0 Å². The molecule has 0 N–H and O–H groups in total. The molecule has 0 aromatic heterocycles. The largest absolute Gasteiger partial charge is 0.462 e. The first-order valence-corrected chi connectivity index (χ1v) is 26.3. The number of hydrogen-bond donors (Lipinski definition) is 0. The first-order valence-electron chi connectivity index (χ1n) is 26.3. The Morgan fingerprint density at radius 3 is 0.966 bits per heavy atom. The molecule has 1 unspecified atom stereocenters. The van der Waals surface area contributed by atoms with Gasteiger partial charge in [0.25, 0.3) is 0 Å². The average Bonchev–Trinajstić information content (AvgIpc) is 3.22. The predicted molar refractivity (Wildman–Crippen MR) is 252 cm³/mol. The molecule has 6 nitrogen and oxygen atoms in total. The summed E-state index contributed by atoms with van der Waals surface area (Å²) >= 11 is 0. The molecule has 59 heavy (non-hydrogen) atoms. The lowest BCUT2D eigenvalue weighted by molar-refractivity contribution is -0.167. The van der Waals surface area contributed by atoms with Crippen LogP contribution in [-0.2, 0) is 28.6 Å². The fraction of sp³-hybridized carbons (Fsp3) is 0.943. The minimum Gasteiger partial charge on any atom is -0.462 e. The summed E-state index contributed by atoms with van der Waals surface area (Å²) in [7, 11) is 0. The number of ether oxygens (including phenoxy) is 3. The standard InChI is InChI=1S/C53H102O6/c1-6-8-9-31-38-43-51(54)57-46-50(59-53(56)45-40-35-30-26-22-18-14-13-16-20-24-28-33-37-42-49(5)7-2)47-58-52(55)44-39-34-29-25-21-17-12-10-11-15-19-23-27-32-36-41-48(3)4/h48-50H,6-47H2,1-5H3/t49?,50-/m1/s1. The van der Waals surface area contributed by atoms with Crippen molar-refractivity contribution >= 4 is 17.9 Å². The molecule has 0 saturated heterocycles. The third-order valence-electron chi connectivity index (χ3n) is 12.3. The van der Waals surface area contributed by atoms with Crippen molar-refractivity contribution in [2.45, 2.75) is 298 Å². The lowest BCUT2D eigenvalue weighted by atomic mass is 9.99. The molecule has 6 heteroatoms. The maximum atomic E-state index is 12.7. The summed E-state index contributed by atoms with van der Waals surface area (Å²) in [5, 5.41) is 0. The fourth-order valence-electron chi connectivity index (χ4n) is 7.96. The van der Waals surface area contributed by atoms with Gasteiger partial charge < -0.3 is 14.2 Å². The van der Waals surface area contributed by atoms with E-state index in [-0.39, 0.29) is 31.1 Å². The molecule has 0 aromatic rings. The second-order valence-electron chi connectivity index (χ2n) is 18.9. The molecule has 0 radical (unpaired) electrons. The highest BCUT2D eigenvalue weighted by Crippen LogP contribution is 2.18. The number of unbranched alkanes of at least 4 members (excludes halogenated alkanes) is 31. The maximum absolute atomic E-state index is 12.7. The Balaban J connectivity index is 4.10. The summed E-state index contributed by atoms with van der Waals surface area (Å²) in [6, 6.07) is 0. The summed E-state index contributed by atoms with van der Waals surface area (Å²) in [5.41, 5.74) is 0. The van der Waals surface area contributed by atoms with Crippen LogP contribution < -0.4 is 0 Å². The van der Waals surface area contributed by atoms with Crippen molar-refractivity contribution in [2.75, 3.05) is 13.2 Å². The summed E-state index contributed by atoms with van der Waals surface area (Å²) < 4.78 is 16.7. The summed E-state index contributed by atoms with van der Waals surface area (Å²) in [5.74, 6) is 0.883. The van der Waals surface area contributed by atoms with E-state index in [9.17, 15) is 14.4 Å². The van der Waals surface area contributed by atoms with E-state index in [1.807, 2.05) is 0 Å². The van der Waals surface area contributed by atoms with Crippen molar-refractivity contribution in [3.05, 3.63) is 0 Å². The lowest BCUT2D eigenvalue weighted by Gasteiger charge is -2.18. The quantitative estimate of drug-likeness (QED) is 0.0345. The van der Waals surface area contributed by atoms with Crippen molar-refractivity contribution in [1.29, 1.82) is 0 Å². The minimum absolute atomic E-state index is 0.0644. The van der Waals surface area contributed by atoms with E-state index in [2.05, 4.69) is 34.6 Å². The fourth-order valence-corrected chi connectivity index (χ4v) is 7.96. The topological polar surface area (TPSA) is 78.9 Å². The molecule has 0 spiro atoms. The second-order valence-corrected chi connectivity index (χ2v) is 18.9. The van der Waals surface area contributed by atoms with Crippen LogP contribution >= 0.6 is 0 Å². The van der Waals surface area contributed by atoms with Crippen LogP contribution in [0.4, 0.5) is 0 Å². The smallest absolute Gasteiger partial charge is 0.306 e. The third-order valence-corrected chi connectivity index (χ3v) is 12.3. The van der Waals surface area contributed by atoms with Crippen LogP contribution in [0.5, 0.6) is 0 Å². The molecular formula is C53H102O6. The Hall–Kier alpha value is -1.59. The summed E-state index contributed by atoms with van der Waals surface area (Å²) in [4.78, 5) is 37.7. The van der Waals surface area contributed by atoms with E-state index >= 15 is 0 Å². The van der Waals surface area contributed by atoms with Crippen LogP contribution in [0.15, 0.2) is 0 Å². The van der Waals surface area contributed by atoms with Gasteiger partial charge in [0.1, 0.15) is 13.2 Å². The lowest BCUT2D eigenvalue weighted by Crippen LogP contribution is -2.30. The third kappa shape index (κ3) is 45.8. The highest BCUT2D eigenvalue weighted by Gasteiger charge is 2.19. The Kier molecular flexibility index (Phi) is 44.7. The Morgan fingerprint density at radius 1 is 0.356 bits per heavy atom. The van der Waals surface area contributed by atoms with Crippen molar-refractivity contribution in [3.8, 4) is 0 Å². The Labute approximate surface area is 368 Å². The van der Waals surface area contributed by atoms with E-state index < -0.39 is 6.10 Å². The van der Waals surface area contributed by atoms with E-state index in [0.29, 0.717) is 19.3 Å². The van der Waals surface area contributed by atoms with Crippen molar-refractivity contribution < 1.29 is 28.6 Å². The van der Waals surface area contributed by atoms with Crippen LogP contribution in [0, 0.1) is 11.8 Å². The van der Waals surface area contributed by atoms with Crippen LogP contribution in [0.2, 0.25) is 0 Å². The zero-order valence-corrected chi connectivity index (χ0v) is 40.4. The van der Waals surface area contributed by atoms with Crippen molar-refractivity contribution in [3.63, 3.8) is 0 Å². The number of carbonyl (C=O) groups is 3. The minimum atomic E-state index is -0.760. The van der Waals surface area contributed by atoms with Gasteiger partial charge in [0.05, 0.1) is 0 Å². The van der Waals surface area contributed by atoms with E-state index in [4.69, 9.17) is 14.2 Å². The van der Waals surface area contributed by atoms with Crippen LogP contribution in [0.1, 0.15) is 291 Å². The molecule has 0 saturated carbocycles. The number of hydrogen-bond acceptors (Lipinski definition) is 6. The van der Waals surface area contributed by atoms with E-state index in [0.717, 1.165) is 76.0 Å². The average molecular weight is 835 g/mol. The molecule has 0 aliphatic rings. The predicted octanol–water partition coefficient (Wildman–Crippen LogP) is 16.9. The first-order chi connectivity index (χ1) is 28.8. The second kappa shape index (κ2) is 45.9. The molecule has 0 heterocycles. The first kappa shape index (κ1) is 57.4. The van der Waals surface area contributed by atoms with Gasteiger partial charge in [-0.1, -0.05) is 253 Å². The van der Waals surface area contributed by atoms with Crippen LogP contribution in [0.3, 0.4) is 0 Å². The van der Waals surface area contributed by atoms with Gasteiger partial charge in [-0.3, -0.25) is 14.4 Å². The van der Waals surface area contributed by atoms with Gasteiger partial charge in [-0.25, -0.2) is 0 Å². The summed E-state index contributed by atoms with van der Waals surface area (Å²) in [6.07, 6.45) is 46.9. The molecule has 0 bridgehead atoms. The molecular weight excluding hydrogens is 733 g/mol. The van der Waals surface area contributed by atoms with Gasteiger partial charge in [-0.05, 0) is 31.1 Å². The highest BCUT2D eigenvalue weighted by molar-refractivity contribution is 5.71. The molecule has 2 atom stereocenters. The Bertz CT molecular complexity index is 902. The van der Waals surface area contributed by atoms with Gasteiger partial charge in [-0.2, -0.15) is 0 Å². The van der Waals surface area contributed by atoms with Gasteiger partial charge in [0.15, 0.2) is 6.10 Å². The normalized spacial score (nSPS) is 12.5. The van der Waals surface area contributed by atoms with Gasteiger partial charge >= 0.3 is 17.9 Å². The zero-order valence-electron chi connectivity index (χ0n) is 40.4.